The number of nitro groups is 1. The van der Waals surface area contributed by atoms with Crippen LogP contribution in [0.4, 0.5) is 11.4 Å². The Morgan fingerprint density at radius 3 is 2.67 bits per heavy atom. The minimum Gasteiger partial charge on any atom is -0.502 e. The van der Waals surface area contributed by atoms with Gasteiger partial charge in [0.05, 0.1) is 4.92 Å². The number of benzene rings is 2. The first kappa shape index (κ1) is 14.9. The lowest BCUT2D eigenvalue weighted by molar-refractivity contribution is -0.385. The van der Waals surface area contributed by atoms with Crippen molar-refractivity contribution in [1.29, 1.82) is 0 Å². The summed E-state index contributed by atoms with van der Waals surface area (Å²) in [7, 11) is 0. The minimum absolute atomic E-state index is 0.146. The molecule has 2 aromatic rings. The Bertz CT molecular complexity index is 703. The number of aromatic hydroxyl groups is 1. The van der Waals surface area contributed by atoms with Gasteiger partial charge in [0.15, 0.2) is 5.75 Å². The van der Waals surface area contributed by atoms with E-state index < -0.39 is 22.3 Å². The van der Waals surface area contributed by atoms with Gasteiger partial charge in [0.1, 0.15) is 0 Å². The Balaban J connectivity index is 2.20. The molecule has 6 nitrogen and oxygen atoms in total. The Morgan fingerprint density at radius 2 is 2.05 bits per heavy atom. The molecule has 0 aliphatic carbocycles. The summed E-state index contributed by atoms with van der Waals surface area (Å²) < 4.78 is 0. The van der Waals surface area contributed by atoms with Crippen molar-refractivity contribution in [1.82, 2.24) is 0 Å². The first-order valence-corrected chi connectivity index (χ1v) is 7.16. The van der Waals surface area contributed by atoms with E-state index in [2.05, 4.69) is 5.32 Å². The van der Waals surface area contributed by atoms with Crippen molar-refractivity contribution in [2.75, 3.05) is 11.6 Å². The molecule has 1 amide bonds. The lowest BCUT2D eigenvalue weighted by Crippen LogP contribution is -2.11. The number of phenolic OH excluding ortho intramolecular Hbond substituents is 1. The van der Waals surface area contributed by atoms with Gasteiger partial charge in [0.2, 0.25) is 0 Å². The normalized spacial score (nSPS) is 10.1. The zero-order chi connectivity index (χ0) is 15.4. The van der Waals surface area contributed by atoms with Crippen LogP contribution in [0.25, 0.3) is 0 Å². The highest BCUT2D eigenvalue weighted by atomic mass is 32.2. The highest BCUT2D eigenvalue weighted by molar-refractivity contribution is 7.98. The van der Waals surface area contributed by atoms with Crippen molar-refractivity contribution >= 4 is 29.0 Å². The summed E-state index contributed by atoms with van der Waals surface area (Å²) in [6.45, 7) is 0. The van der Waals surface area contributed by atoms with Crippen LogP contribution in [0.2, 0.25) is 0 Å². The highest BCUT2D eigenvalue weighted by Crippen LogP contribution is 2.27. The van der Waals surface area contributed by atoms with E-state index in [1.54, 1.807) is 17.8 Å². The van der Waals surface area contributed by atoms with Crippen molar-refractivity contribution in [2.45, 2.75) is 4.90 Å². The second-order valence-corrected chi connectivity index (χ2v) is 5.03. The molecule has 0 spiro atoms. The Kier molecular flexibility index (Phi) is 4.44. The Hall–Kier alpha value is -2.54. The maximum atomic E-state index is 12.0. The molecule has 0 heterocycles. The molecular formula is C14H12N2O4S. The molecule has 0 aliphatic heterocycles. The van der Waals surface area contributed by atoms with Crippen LogP contribution in [0.1, 0.15) is 10.4 Å². The lowest BCUT2D eigenvalue weighted by atomic mass is 10.1. The van der Waals surface area contributed by atoms with Crippen molar-refractivity contribution in [3.63, 3.8) is 0 Å². The van der Waals surface area contributed by atoms with Crippen LogP contribution < -0.4 is 5.32 Å². The number of anilines is 1. The van der Waals surface area contributed by atoms with Crippen LogP contribution in [-0.2, 0) is 0 Å². The standard InChI is InChI=1S/C14H12N2O4S/c1-21-11-4-2-3-10(8-11)15-14(18)9-5-6-12(16(19)20)13(17)7-9/h2-8,17H,1H3,(H,15,18). The molecule has 0 atom stereocenters. The van der Waals surface area contributed by atoms with Gasteiger partial charge in [-0.25, -0.2) is 0 Å². The van der Waals surface area contributed by atoms with Crippen molar-refractivity contribution in [2.24, 2.45) is 0 Å². The molecule has 2 aromatic carbocycles. The van der Waals surface area contributed by atoms with Gasteiger partial charge < -0.3 is 10.4 Å². The van der Waals surface area contributed by atoms with Crippen LogP contribution in [-0.4, -0.2) is 22.2 Å². The number of phenols is 1. The number of hydrogen-bond acceptors (Lipinski definition) is 5. The van der Waals surface area contributed by atoms with E-state index in [9.17, 15) is 20.0 Å². The maximum absolute atomic E-state index is 12.0. The fourth-order valence-corrected chi connectivity index (χ4v) is 2.18. The summed E-state index contributed by atoms with van der Waals surface area (Å²) in [5.74, 6) is -0.982. The van der Waals surface area contributed by atoms with Gasteiger partial charge in [-0.2, -0.15) is 0 Å². The number of carbonyl (C=O) groups is 1. The predicted molar refractivity (Wildman–Crippen MR) is 80.9 cm³/mol. The van der Waals surface area contributed by atoms with E-state index in [0.717, 1.165) is 17.0 Å². The van der Waals surface area contributed by atoms with Crippen LogP contribution in [0.5, 0.6) is 5.75 Å². The van der Waals surface area contributed by atoms with Gasteiger partial charge in [0, 0.05) is 22.2 Å². The van der Waals surface area contributed by atoms with Crippen molar-refractivity contribution in [3.8, 4) is 5.75 Å². The third-order valence-corrected chi connectivity index (χ3v) is 3.49. The highest BCUT2D eigenvalue weighted by Gasteiger charge is 2.16. The molecule has 108 valence electrons. The topological polar surface area (TPSA) is 92.5 Å². The molecule has 2 N–H and O–H groups in total. The number of rotatable bonds is 4. The summed E-state index contributed by atoms with van der Waals surface area (Å²) >= 11 is 1.55. The largest absolute Gasteiger partial charge is 0.502 e. The first-order valence-electron chi connectivity index (χ1n) is 5.94. The molecule has 21 heavy (non-hydrogen) atoms. The van der Waals surface area contributed by atoms with Gasteiger partial charge in [-0.15, -0.1) is 11.8 Å². The number of thioether (sulfide) groups is 1. The monoisotopic (exact) mass is 304 g/mol. The fraction of sp³-hybridized carbons (Fsp3) is 0.0714. The number of hydrogen-bond donors (Lipinski definition) is 2. The maximum Gasteiger partial charge on any atom is 0.310 e. The van der Waals surface area contributed by atoms with Crippen LogP contribution in [0.15, 0.2) is 47.4 Å². The van der Waals surface area contributed by atoms with Crippen molar-refractivity contribution in [3.05, 3.63) is 58.1 Å². The third kappa shape index (κ3) is 3.51. The van der Waals surface area contributed by atoms with Gasteiger partial charge in [-0.05, 0) is 36.6 Å². The molecule has 0 bridgehead atoms. The molecule has 0 aromatic heterocycles. The first-order chi connectivity index (χ1) is 10.0. The number of nitrogens with zero attached hydrogens (tertiary/aromatic N) is 1. The number of nitro benzene ring substituents is 1. The SMILES string of the molecule is CSc1cccc(NC(=O)c2ccc([N+](=O)[O-])c(O)c2)c1. The molecule has 0 aliphatic rings. The van der Waals surface area contributed by atoms with E-state index in [-0.39, 0.29) is 5.56 Å². The average molecular weight is 304 g/mol. The van der Waals surface area contributed by atoms with Crippen LogP contribution >= 0.6 is 11.8 Å². The summed E-state index contributed by atoms with van der Waals surface area (Å²) in [4.78, 5) is 22.9. The number of amides is 1. The molecule has 0 saturated carbocycles. The smallest absolute Gasteiger partial charge is 0.310 e. The summed E-state index contributed by atoms with van der Waals surface area (Å²) in [6, 6.07) is 10.8. The van der Waals surface area contributed by atoms with E-state index in [0.29, 0.717) is 5.69 Å². The fourth-order valence-electron chi connectivity index (χ4n) is 1.72. The predicted octanol–water partition coefficient (Wildman–Crippen LogP) is 3.27. The van der Waals surface area contributed by atoms with E-state index >= 15 is 0 Å². The zero-order valence-corrected chi connectivity index (χ0v) is 11.9. The molecule has 0 saturated heterocycles. The van der Waals surface area contributed by atoms with Gasteiger partial charge in [-0.1, -0.05) is 6.07 Å². The molecule has 0 unspecified atom stereocenters. The molecule has 0 radical (unpaired) electrons. The van der Waals surface area contributed by atoms with Gasteiger partial charge in [-0.3, -0.25) is 14.9 Å². The Morgan fingerprint density at radius 1 is 1.29 bits per heavy atom. The summed E-state index contributed by atoms with van der Waals surface area (Å²) in [6.07, 6.45) is 1.93. The average Bonchev–Trinajstić information content (AvgIpc) is 2.46. The number of nitrogens with one attached hydrogen (secondary N) is 1. The zero-order valence-electron chi connectivity index (χ0n) is 11.1. The third-order valence-electron chi connectivity index (χ3n) is 2.76. The summed E-state index contributed by atoms with van der Waals surface area (Å²) in [5, 5.41) is 22.8. The molecule has 0 fully saturated rings. The lowest BCUT2D eigenvalue weighted by Gasteiger charge is -2.07. The second-order valence-electron chi connectivity index (χ2n) is 4.15. The molecule has 2 rings (SSSR count). The number of carbonyl (C=O) groups excluding carboxylic acids is 1. The van der Waals surface area contributed by atoms with Crippen molar-refractivity contribution < 1.29 is 14.8 Å². The summed E-state index contributed by atoms with van der Waals surface area (Å²) in [5.41, 5.74) is 0.327. The Labute approximate surface area is 125 Å². The van der Waals surface area contributed by atoms with Gasteiger partial charge >= 0.3 is 5.69 Å². The van der Waals surface area contributed by atoms with Crippen LogP contribution in [0.3, 0.4) is 0 Å². The molecule has 7 heteroatoms. The van der Waals surface area contributed by atoms with E-state index in [4.69, 9.17) is 0 Å². The van der Waals surface area contributed by atoms with E-state index in [1.165, 1.54) is 6.07 Å². The van der Waals surface area contributed by atoms with E-state index in [1.807, 2.05) is 24.5 Å². The second kappa shape index (κ2) is 6.27. The molecular weight excluding hydrogens is 292 g/mol. The van der Waals surface area contributed by atoms with Gasteiger partial charge in [0.25, 0.3) is 5.91 Å². The minimum atomic E-state index is -0.709. The van der Waals surface area contributed by atoms with Crippen LogP contribution in [0, 0.1) is 10.1 Å². The quantitative estimate of drug-likeness (QED) is 0.514.